The molecule has 3 N–H and O–H groups in total. The Morgan fingerprint density at radius 3 is 2.13 bits per heavy atom. The van der Waals surface area contributed by atoms with Crippen molar-refractivity contribution in [2.45, 2.75) is 31.2 Å². The Morgan fingerprint density at radius 1 is 1.00 bits per heavy atom. The summed E-state index contributed by atoms with van der Waals surface area (Å²) in [5, 5.41) is 5.23. The van der Waals surface area contributed by atoms with E-state index < -0.39 is 50.4 Å². The summed E-state index contributed by atoms with van der Waals surface area (Å²) >= 11 is 0. The number of amides is 2. The van der Waals surface area contributed by atoms with Crippen LogP contribution in [0.1, 0.15) is 31.1 Å². The molecular formula is C19H21F2N3O5S. The molecule has 11 heteroatoms. The first kappa shape index (κ1) is 23.1. The van der Waals surface area contributed by atoms with E-state index in [4.69, 9.17) is 0 Å². The van der Waals surface area contributed by atoms with Crippen LogP contribution in [0.15, 0.2) is 41.3 Å². The maximum Gasteiger partial charge on any atom is 0.340 e. The number of carbonyl (C=O) groups is 2. The number of nitrogens with one attached hydrogen (secondary N) is 3. The first-order chi connectivity index (χ1) is 13.8. The molecule has 0 aliphatic heterocycles. The number of urea groups is 1. The summed E-state index contributed by atoms with van der Waals surface area (Å²) in [5.74, 6) is -3.40. The van der Waals surface area contributed by atoms with Gasteiger partial charge in [0.25, 0.3) is 10.0 Å². The monoisotopic (exact) mass is 441 g/mol. The van der Waals surface area contributed by atoms with E-state index in [-0.39, 0.29) is 4.90 Å². The van der Waals surface area contributed by atoms with Gasteiger partial charge in [-0.3, -0.25) is 4.72 Å². The lowest BCUT2D eigenvalue weighted by atomic mass is 10.1. The number of benzene rings is 2. The van der Waals surface area contributed by atoms with Gasteiger partial charge in [0.05, 0.1) is 23.3 Å². The lowest BCUT2D eigenvalue weighted by Gasteiger charge is -2.20. The molecular weight excluding hydrogens is 420 g/mol. The molecule has 0 atom stereocenters. The van der Waals surface area contributed by atoms with Crippen LogP contribution in [-0.2, 0) is 14.8 Å². The molecule has 0 unspecified atom stereocenters. The molecule has 0 radical (unpaired) electrons. The zero-order chi connectivity index (χ0) is 22.7. The van der Waals surface area contributed by atoms with E-state index in [0.29, 0.717) is 17.8 Å². The Kier molecular flexibility index (Phi) is 6.66. The third kappa shape index (κ3) is 5.89. The molecule has 0 bridgehead atoms. The molecule has 0 aliphatic carbocycles. The molecule has 0 saturated heterocycles. The van der Waals surface area contributed by atoms with Gasteiger partial charge >= 0.3 is 12.0 Å². The minimum atomic E-state index is -4.27. The summed E-state index contributed by atoms with van der Waals surface area (Å²) in [6, 6.07) is 5.67. The fourth-order valence-corrected chi connectivity index (χ4v) is 3.37. The number of rotatable bonds is 5. The minimum Gasteiger partial charge on any atom is -0.465 e. The van der Waals surface area contributed by atoms with E-state index in [1.807, 2.05) is 4.72 Å². The van der Waals surface area contributed by atoms with Gasteiger partial charge in [0.1, 0.15) is 11.6 Å². The Balaban J connectivity index is 2.19. The molecule has 0 heterocycles. The van der Waals surface area contributed by atoms with Crippen molar-refractivity contribution in [2.75, 3.05) is 17.1 Å². The number of methoxy groups -OCH3 is 1. The lowest BCUT2D eigenvalue weighted by Crippen LogP contribution is -2.43. The summed E-state index contributed by atoms with van der Waals surface area (Å²) in [6.45, 7) is 5.40. The molecule has 0 spiro atoms. The number of halogens is 2. The molecule has 162 valence electrons. The predicted octanol–water partition coefficient (Wildman–Crippen LogP) is 3.47. The Hall–Kier alpha value is -3.21. The van der Waals surface area contributed by atoms with Gasteiger partial charge in [-0.1, -0.05) is 0 Å². The molecule has 0 fully saturated rings. The largest absolute Gasteiger partial charge is 0.465 e. The quantitative estimate of drug-likeness (QED) is 0.615. The van der Waals surface area contributed by atoms with E-state index in [1.165, 1.54) is 24.3 Å². The summed E-state index contributed by atoms with van der Waals surface area (Å²) in [5.41, 5.74) is -1.47. The Bertz CT molecular complexity index is 1060. The second kappa shape index (κ2) is 8.66. The maximum atomic E-state index is 14.2. The van der Waals surface area contributed by atoms with Crippen molar-refractivity contribution in [1.82, 2.24) is 5.32 Å². The molecule has 2 aromatic carbocycles. The van der Waals surface area contributed by atoms with Crippen LogP contribution in [0.5, 0.6) is 0 Å². The lowest BCUT2D eigenvalue weighted by molar-refractivity contribution is 0.0595. The van der Waals surface area contributed by atoms with E-state index >= 15 is 0 Å². The smallest absolute Gasteiger partial charge is 0.340 e. The van der Waals surface area contributed by atoms with Gasteiger partial charge in [0, 0.05) is 17.3 Å². The average Bonchev–Trinajstić information content (AvgIpc) is 2.62. The molecule has 0 aliphatic rings. The highest BCUT2D eigenvalue weighted by Gasteiger charge is 2.21. The Labute approximate surface area is 172 Å². The fraction of sp³-hybridized carbons (Fsp3) is 0.263. The second-order valence-electron chi connectivity index (χ2n) is 7.26. The van der Waals surface area contributed by atoms with Crippen LogP contribution in [-0.4, -0.2) is 33.1 Å². The highest BCUT2D eigenvalue weighted by Crippen LogP contribution is 2.24. The normalized spacial score (nSPS) is 11.5. The number of hydrogen-bond acceptors (Lipinski definition) is 5. The number of anilines is 2. The minimum absolute atomic E-state index is 0.249. The molecule has 2 amide bonds. The average molecular weight is 441 g/mol. The van der Waals surface area contributed by atoms with Crippen molar-refractivity contribution in [3.8, 4) is 0 Å². The van der Waals surface area contributed by atoms with Gasteiger partial charge in [-0.25, -0.2) is 26.8 Å². The van der Waals surface area contributed by atoms with E-state index in [0.717, 1.165) is 7.11 Å². The number of ether oxygens (including phenoxy) is 1. The molecule has 0 saturated carbocycles. The van der Waals surface area contributed by atoms with Crippen LogP contribution >= 0.6 is 0 Å². The number of esters is 1. The zero-order valence-electron chi connectivity index (χ0n) is 16.7. The summed E-state index contributed by atoms with van der Waals surface area (Å²) in [6.07, 6.45) is 0. The van der Waals surface area contributed by atoms with E-state index in [9.17, 15) is 26.8 Å². The maximum absolute atomic E-state index is 14.2. The van der Waals surface area contributed by atoms with Crippen LogP contribution in [0.25, 0.3) is 0 Å². The topological polar surface area (TPSA) is 114 Å². The third-order valence-corrected chi connectivity index (χ3v) is 5.00. The van der Waals surface area contributed by atoms with Crippen molar-refractivity contribution in [1.29, 1.82) is 0 Å². The van der Waals surface area contributed by atoms with Gasteiger partial charge in [-0.05, 0) is 51.1 Å². The number of hydrogen-bond donors (Lipinski definition) is 3. The van der Waals surface area contributed by atoms with Crippen molar-refractivity contribution in [2.24, 2.45) is 0 Å². The van der Waals surface area contributed by atoms with Gasteiger partial charge < -0.3 is 15.4 Å². The van der Waals surface area contributed by atoms with Crippen LogP contribution < -0.4 is 15.4 Å². The van der Waals surface area contributed by atoms with E-state index in [1.54, 1.807) is 20.8 Å². The van der Waals surface area contributed by atoms with Gasteiger partial charge in [0.2, 0.25) is 0 Å². The van der Waals surface area contributed by atoms with Crippen molar-refractivity contribution < 1.29 is 31.5 Å². The highest BCUT2D eigenvalue weighted by atomic mass is 32.2. The first-order valence-electron chi connectivity index (χ1n) is 8.62. The fourth-order valence-electron chi connectivity index (χ4n) is 2.32. The Morgan fingerprint density at radius 2 is 1.60 bits per heavy atom. The first-order valence-corrected chi connectivity index (χ1v) is 10.1. The van der Waals surface area contributed by atoms with Crippen LogP contribution in [0, 0.1) is 11.6 Å². The molecule has 30 heavy (non-hydrogen) atoms. The molecule has 2 aromatic rings. The van der Waals surface area contributed by atoms with Crippen LogP contribution in [0.3, 0.4) is 0 Å². The molecule has 2 rings (SSSR count). The second-order valence-corrected chi connectivity index (χ2v) is 8.94. The van der Waals surface area contributed by atoms with Gasteiger partial charge in [0.15, 0.2) is 0 Å². The zero-order valence-corrected chi connectivity index (χ0v) is 17.5. The highest BCUT2D eigenvalue weighted by molar-refractivity contribution is 7.92. The van der Waals surface area contributed by atoms with Gasteiger partial charge in [-0.15, -0.1) is 0 Å². The summed E-state index contributed by atoms with van der Waals surface area (Å²) < 4.78 is 59.3. The van der Waals surface area contributed by atoms with E-state index in [2.05, 4.69) is 15.4 Å². The molecule has 8 nitrogen and oxygen atoms in total. The number of carbonyl (C=O) groups excluding carboxylic acids is 2. The van der Waals surface area contributed by atoms with Crippen molar-refractivity contribution in [3.05, 3.63) is 53.6 Å². The third-order valence-electron chi connectivity index (χ3n) is 3.62. The number of sulfonamides is 1. The molecule has 0 aromatic heterocycles. The summed E-state index contributed by atoms with van der Waals surface area (Å²) in [4.78, 5) is 23.0. The van der Waals surface area contributed by atoms with Crippen molar-refractivity contribution >= 4 is 33.4 Å². The van der Waals surface area contributed by atoms with Crippen molar-refractivity contribution in [3.63, 3.8) is 0 Å². The summed E-state index contributed by atoms with van der Waals surface area (Å²) in [7, 11) is -3.26. The predicted molar refractivity (Wildman–Crippen MR) is 107 cm³/mol. The van der Waals surface area contributed by atoms with Crippen LogP contribution in [0.4, 0.5) is 25.0 Å². The van der Waals surface area contributed by atoms with Gasteiger partial charge in [-0.2, -0.15) is 0 Å². The van der Waals surface area contributed by atoms with Crippen LogP contribution in [0.2, 0.25) is 0 Å². The standard InChI is InChI=1S/C19H21F2N3O5S/c1-19(2,3)23-18(26)22-11-5-7-12(8-6-11)30(27,28)24-16-10-14(20)13(9-15(16)21)17(25)29-4/h5-10,24H,1-4H3,(H2,22,23,26). The SMILES string of the molecule is COC(=O)c1cc(F)c(NS(=O)(=O)c2ccc(NC(=O)NC(C)(C)C)cc2)cc1F.